The molecule has 0 aromatic heterocycles. The van der Waals surface area contributed by atoms with E-state index < -0.39 is 0 Å². The van der Waals surface area contributed by atoms with Gasteiger partial charge in [-0.05, 0) is 44.3 Å². The molecule has 93 valence electrons. The molecule has 0 bridgehead atoms. The van der Waals surface area contributed by atoms with Crippen LogP contribution in [0.2, 0.25) is 0 Å². The molecule has 0 atom stereocenters. The first-order chi connectivity index (χ1) is 8.45. The molecular formula is C15H23N2. The van der Waals surface area contributed by atoms with Crippen molar-refractivity contribution in [3.05, 3.63) is 35.9 Å². The minimum Gasteiger partial charge on any atom is -0.302 e. The lowest BCUT2D eigenvalue weighted by Crippen LogP contribution is -2.28. The van der Waals surface area contributed by atoms with Gasteiger partial charge < -0.3 is 4.90 Å². The van der Waals surface area contributed by atoms with Gasteiger partial charge in [0.2, 0.25) is 0 Å². The van der Waals surface area contributed by atoms with E-state index in [1.165, 1.54) is 50.9 Å². The van der Waals surface area contributed by atoms with Gasteiger partial charge in [-0.3, -0.25) is 0 Å². The SMILES string of the molecule is c1ccc(CCCCN2CCC[N]CC2)cc1. The Morgan fingerprint density at radius 3 is 2.76 bits per heavy atom. The van der Waals surface area contributed by atoms with Crippen molar-refractivity contribution in [1.82, 2.24) is 10.2 Å². The molecule has 0 aliphatic carbocycles. The molecule has 1 saturated heterocycles. The van der Waals surface area contributed by atoms with Crippen LogP contribution in [-0.4, -0.2) is 37.6 Å². The molecule has 17 heavy (non-hydrogen) atoms. The first-order valence-corrected chi connectivity index (χ1v) is 6.85. The van der Waals surface area contributed by atoms with Crippen molar-refractivity contribution in [3.8, 4) is 0 Å². The van der Waals surface area contributed by atoms with Crippen LogP contribution < -0.4 is 5.32 Å². The zero-order valence-corrected chi connectivity index (χ0v) is 10.6. The minimum absolute atomic E-state index is 1.04. The Labute approximate surface area is 105 Å². The third kappa shape index (κ3) is 4.88. The highest BCUT2D eigenvalue weighted by Crippen LogP contribution is 2.06. The van der Waals surface area contributed by atoms with Crippen LogP contribution in [0.4, 0.5) is 0 Å². The topological polar surface area (TPSA) is 17.3 Å². The third-order valence-corrected chi connectivity index (χ3v) is 3.40. The molecule has 0 N–H and O–H groups in total. The first kappa shape index (κ1) is 12.6. The molecule has 2 rings (SSSR count). The van der Waals surface area contributed by atoms with Crippen molar-refractivity contribution in [2.45, 2.75) is 25.7 Å². The number of rotatable bonds is 5. The second kappa shape index (κ2) is 7.46. The summed E-state index contributed by atoms with van der Waals surface area (Å²) in [4.78, 5) is 2.57. The zero-order valence-electron chi connectivity index (χ0n) is 10.6. The molecule has 1 radical (unpaired) electrons. The highest BCUT2D eigenvalue weighted by Gasteiger charge is 2.07. The molecule has 1 heterocycles. The number of aryl methyl sites for hydroxylation is 1. The molecule has 2 heteroatoms. The van der Waals surface area contributed by atoms with Crippen LogP contribution in [0.15, 0.2) is 30.3 Å². The Bertz CT molecular complexity index is 289. The van der Waals surface area contributed by atoms with Gasteiger partial charge in [0.1, 0.15) is 0 Å². The van der Waals surface area contributed by atoms with Crippen molar-refractivity contribution < 1.29 is 0 Å². The molecular weight excluding hydrogens is 208 g/mol. The van der Waals surface area contributed by atoms with Crippen LogP contribution in [-0.2, 0) is 6.42 Å². The normalized spacial score (nSPS) is 17.9. The standard InChI is InChI=1S/C15H23N2/c1-2-7-15(8-3-1)9-4-5-12-17-13-6-10-16-11-14-17/h1-3,7-8H,4-6,9-14H2. The van der Waals surface area contributed by atoms with Gasteiger partial charge in [-0.15, -0.1) is 0 Å². The van der Waals surface area contributed by atoms with Gasteiger partial charge in [0.25, 0.3) is 0 Å². The van der Waals surface area contributed by atoms with Gasteiger partial charge in [0.05, 0.1) is 0 Å². The average molecular weight is 231 g/mol. The monoisotopic (exact) mass is 231 g/mol. The van der Waals surface area contributed by atoms with Crippen molar-refractivity contribution in [1.29, 1.82) is 0 Å². The Kier molecular flexibility index (Phi) is 5.53. The van der Waals surface area contributed by atoms with Crippen molar-refractivity contribution in [2.24, 2.45) is 0 Å². The van der Waals surface area contributed by atoms with Crippen LogP contribution >= 0.6 is 0 Å². The van der Waals surface area contributed by atoms with Gasteiger partial charge in [0.15, 0.2) is 0 Å². The van der Waals surface area contributed by atoms with E-state index in [4.69, 9.17) is 0 Å². The van der Waals surface area contributed by atoms with Crippen LogP contribution in [0.1, 0.15) is 24.8 Å². The zero-order chi connectivity index (χ0) is 11.8. The van der Waals surface area contributed by atoms with Gasteiger partial charge >= 0.3 is 0 Å². The summed E-state index contributed by atoms with van der Waals surface area (Å²) in [6.45, 7) is 5.78. The van der Waals surface area contributed by atoms with Crippen LogP contribution in [0.3, 0.4) is 0 Å². The fourth-order valence-electron chi connectivity index (χ4n) is 2.37. The maximum atomic E-state index is 4.46. The maximum Gasteiger partial charge on any atom is 0.0261 e. The second-order valence-corrected chi connectivity index (χ2v) is 4.81. The summed E-state index contributed by atoms with van der Waals surface area (Å²) in [5.74, 6) is 0. The summed E-state index contributed by atoms with van der Waals surface area (Å²) in [5, 5.41) is 4.46. The third-order valence-electron chi connectivity index (χ3n) is 3.40. The van der Waals surface area contributed by atoms with E-state index in [0.29, 0.717) is 0 Å². The fourth-order valence-corrected chi connectivity index (χ4v) is 2.37. The Hall–Kier alpha value is -0.860. The number of benzene rings is 1. The predicted octanol–water partition coefficient (Wildman–Crippen LogP) is 2.32. The number of nitrogens with zero attached hydrogens (tertiary/aromatic N) is 2. The molecule has 0 amide bonds. The highest BCUT2D eigenvalue weighted by molar-refractivity contribution is 5.14. The van der Waals surface area contributed by atoms with Gasteiger partial charge in [-0.25, -0.2) is 5.32 Å². The summed E-state index contributed by atoms with van der Waals surface area (Å²) in [7, 11) is 0. The maximum absolute atomic E-state index is 4.46. The molecule has 1 aliphatic rings. The number of hydrogen-bond acceptors (Lipinski definition) is 1. The van der Waals surface area contributed by atoms with Crippen molar-refractivity contribution >= 4 is 0 Å². The molecule has 2 nitrogen and oxygen atoms in total. The lowest BCUT2D eigenvalue weighted by Gasteiger charge is -2.18. The van der Waals surface area contributed by atoms with E-state index in [1.54, 1.807) is 0 Å². The van der Waals surface area contributed by atoms with E-state index in [1.807, 2.05) is 0 Å². The Balaban J connectivity index is 1.59. The summed E-state index contributed by atoms with van der Waals surface area (Å²) < 4.78 is 0. The first-order valence-electron chi connectivity index (χ1n) is 6.85. The van der Waals surface area contributed by atoms with E-state index in [2.05, 4.69) is 40.5 Å². The van der Waals surface area contributed by atoms with Crippen LogP contribution in [0.25, 0.3) is 0 Å². The molecule has 1 aliphatic heterocycles. The van der Waals surface area contributed by atoms with Crippen molar-refractivity contribution in [2.75, 3.05) is 32.7 Å². The lowest BCUT2D eigenvalue weighted by atomic mass is 10.1. The van der Waals surface area contributed by atoms with Crippen LogP contribution in [0, 0.1) is 0 Å². The Morgan fingerprint density at radius 2 is 1.88 bits per heavy atom. The molecule has 0 saturated carbocycles. The Morgan fingerprint density at radius 1 is 1.00 bits per heavy atom. The largest absolute Gasteiger partial charge is 0.302 e. The van der Waals surface area contributed by atoms with E-state index >= 15 is 0 Å². The van der Waals surface area contributed by atoms with E-state index in [0.717, 1.165) is 13.1 Å². The highest BCUT2D eigenvalue weighted by atomic mass is 15.1. The molecule has 0 unspecified atom stereocenters. The smallest absolute Gasteiger partial charge is 0.0261 e. The molecule has 0 spiro atoms. The minimum atomic E-state index is 1.04. The summed E-state index contributed by atoms with van der Waals surface area (Å²) in [5.41, 5.74) is 1.47. The molecule has 1 fully saturated rings. The van der Waals surface area contributed by atoms with E-state index in [-0.39, 0.29) is 0 Å². The molecule has 1 aromatic carbocycles. The van der Waals surface area contributed by atoms with E-state index in [9.17, 15) is 0 Å². The van der Waals surface area contributed by atoms with Gasteiger partial charge in [-0.1, -0.05) is 30.3 Å². The summed E-state index contributed by atoms with van der Waals surface area (Å²) >= 11 is 0. The fraction of sp³-hybridized carbons (Fsp3) is 0.600. The number of unbranched alkanes of at least 4 members (excludes halogenated alkanes) is 1. The average Bonchev–Trinajstić information content (AvgIpc) is 2.65. The lowest BCUT2D eigenvalue weighted by molar-refractivity contribution is 0.286. The summed E-state index contributed by atoms with van der Waals surface area (Å²) in [6, 6.07) is 10.8. The predicted molar refractivity (Wildman–Crippen MR) is 72.3 cm³/mol. The summed E-state index contributed by atoms with van der Waals surface area (Å²) in [6.07, 6.45) is 5.09. The second-order valence-electron chi connectivity index (χ2n) is 4.81. The number of hydrogen-bond donors (Lipinski definition) is 0. The quantitative estimate of drug-likeness (QED) is 0.711. The van der Waals surface area contributed by atoms with Gasteiger partial charge in [-0.2, -0.15) is 0 Å². The van der Waals surface area contributed by atoms with Crippen molar-refractivity contribution in [3.63, 3.8) is 0 Å². The van der Waals surface area contributed by atoms with Crippen LogP contribution in [0.5, 0.6) is 0 Å². The van der Waals surface area contributed by atoms with Gasteiger partial charge in [0, 0.05) is 19.6 Å². The molecule has 1 aromatic rings.